The molecule has 2 fully saturated rings. The molecule has 168 valence electrons. The van der Waals surface area contributed by atoms with E-state index in [1.807, 2.05) is 4.90 Å². The van der Waals surface area contributed by atoms with Crippen molar-refractivity contribution in [2.75, 3.05) is 29.9 Å². The molecule has 0 spiro atoms. The van der Waals surface area contributed by atoms with E-state index in [1.54, 1.807) is 21.5 Å². The first-order valence-corrected chi connectivity index (χ1v) is 10.8. The van der Waals surface area contributed by atoms with Gasteiger partial charge in [-0.3, -0.25) is 5.32 Å². The van der Waals surface area contributed by atoms with E-state index in [4.69, 9.17) is 0 Å². The van der Waals surface area contributed by atoms with Crippen LogP contribution in [0.1, 0.15) is 37.3 Å². The monoisotopic (exact) mass is 442 g/mol. The lowest BCUT2D eigenvalue weighted by molar-refractivity contribution is 0.0971. The molecule has 8 nitrogen and oxygen atoms in total. The summed E-state index contributed by atoms with van der Waals surface area (Å²) < 4.78 is 29.7. The van der Waals surface area contributed by atoms with Crippen LogP contribution < -0.4 is 10.2 Å². The lowest BCUT2D eigenvalue weighted by Gasteiger charge is -2.29. The van der Waals surface area contributed by atoms with E-state index >= 15 is 0 Å². The Hall–Kier alpha value is -3.27. The normalized spacial score (nSPS) is 19.7. The van der Waals surface area contributed by atoms with Gasteiger partial charge in [0.25, 0.3) is 0 Å². The number of rotatable bonds is 3. The highest BCUT2D eigenvalue weighted by molar-refractivity contribution is 5.88. The summed E-state index contributed by atoms with van der Waals surface area (Å²) in [5.41, 5.74) is 0.877. The second kappa shape index (κ2) is 8.34. The molecule has 5 rings (SSSR count). The zero-order valence-corrected chi connectivity index (χ0v) is 17.4. The van der Waals surface area contributed by atoms with Crippen LogP contribution in [0.15, 0.2) is 36.5 Å². The molecule has 1 atom stereocenters. The largest absolute Gasteiger partial charge is 0.393 e. The summed E-state index contributed by atoms with van der Waals surface area (Å²) in [6, 6.07) is 6.51. The number of urea groups is 1. The summed E-state index contributed by atoms with van der Waals surface area (Å²) in [5, 5.41) is 17.1. The molecule has 2 saturated heterocycles. The van der Waals surface area contributed by atoms with Gasteiger partial charge in [-0.15, -0.1) is 5.10 Å². The van der Waals surface area contributed by atoms with Crippen molar-refractivity contribution in [1.82, 2.24) is 19.5 Å². The second-order valence-electron chi connectivity index (χ2n) is 8.27. The number of amides is 2. The van der Waals surface area contributed by atoms with Gasteiger partial charge in [0.05, 0.1) is 18.3 Å². The minimum Gasteiger partial charge on any atom is -0.393 e. The second-order valence-corrected chi connectivity index (χ2v) is 8.27. The fourth-order valence-electron chi connectivity index (χ4n) is 4.49. The topological polar surface area (TPSA) is 86.0 Å². The van der Waals surface area contributed by atoms with Gasteiger partial charge >= 0.3 is 6.03 Å². The first kappa shape index (κ1) is 20.6. The number of aliphatic hydroxyl groups is 1. The Morgan fingerprint density at radius 2 is 1.91 bits per heavy atom. The SMILES string of the molecule is O=C(Nc1cnc2ccc(N3CCC[C@@H]3c3cc(F)ccc3F)nn12)N1CCC(O)CC1. The predicted molar refractivity (Wildman–Crippen MR) is 114 cm³/mol. The van der Waals surface area contributed by atoms with Gasteiger partial charge < -0.3 is 14.9 Å². The number of carbonyl (C=O) groups is 1. The smallest absolute Gasteiger partial charge is 0.323 e. The Morgan fingerprint density at radius 3 is 2.72 bits per heavy atom. The number of anilines is 2. The fourth-order valence-corrected chi connectivity index (χ4v) is 4.49. The van der Waals surface area contributed by atoms with Crippen LogP contribution in [0.5, 0.6) is 0 Å². The quantitative estimate of drug-likeness (QED) is 0.650. The van der Waals surface area contributed by atoms with Gasteiger partial charge in [-0.05, 0) is 56.0 Å². The van der Waals surface area contributed by atoms with Crippen LogP contribution in [0, 0.1) is 11.6 Å². The van der Waals surface area contributed by atoms with Crippen molar-refractivity contribution in [2.45, 2.75) is 37.8 Å². The molecular formula is C22H24F2N6O2. The van der Waals surface area contributed by atoms with Crippen LogP contribution in [-0.4, -0.2) is 56.4 Å². The third-order valence-electron chi connectivity index (χ3n) is 6.20. The van der Waals surface area contributed by atoms with E-state index in [0.29, 0.717) is 61.7 Å². The third kappa shape index (κ3) is 3.86. The number of aromatic nitrogens is 3. The molecule has 2 N–H and O–H groups in total. The van der Waals surface area contributed by atoms with Gasteiger partial charge in [-0.1, -0.05) is 0 Å². The molecule has 10 heteroatoms. The zero-order chi connectivity index (χ0) is 22.2. The maximum Gasteiger partial charge on any atom is 0.323 e. The summed E-state index contributed by atoms with van der Waals surface area (Å²) in [6.45, 7) is 1.62. The molecule has 32 heavy (non-hydrogen) atoms. The molecule has 2 aliphatic heterocycles. The highest BCUT2D eigenvalue weighted by atomic mass is 19.1. The molecule has 1 aromatic carbocycles. The lowest BCUT2D eigenvalue weighted by atomic mass is 10.0. The molecule has 0 unspecified atom stereocenters. The average molecular weight is 442 g/mol. The van der Waals surface area contributed by atoms with Crippen molar-refractivity contribution in [3.8, 4) is 0 Å². The van der Waals surface area contributed by atoms with Crippen molar-refractivity contribution in [3.63, 3.8) is 0 Å². The number of nitrogens with zero attached hydrogens (tertiary/aromatic N) is 5. The molecule has 2 aliphatic rings. The standard InChI is InChI=1S/C22H24F2N6O2/c23-14-3-4-17(24)16(12-14)18-2-1-9-29(18)20-6-5-19-25-13-21(30(19)27-20)26-22(32)28-10-7-15(31)8-11-28/h3-6,12-13,15,18,31H,1-2,7-11H2,(H,26,32)/t18-/m1/s1. The first-order chi connectivity index (χ1) is 15.5. The maximum absolute atomic E-state index is 14.4. The number of nitrogens with one attached hydrogen (secondary N) is 1. The summed E-state index contributed by atoms with van der Waals surface area (Å²) in [7, 11) is 0. The Kier molecular flexibility index (Phi) is 5.38. The van der Waals surface area contributed by atoms with Crippen LogP contribution in [0.3, 0.4) is 0 Å². The van der Waals surface area contributed by atoms with Crippen LogP contribution in [-0.2, 0) is 0 Å². The number of imidazole rings is 1. The van der Waals surface area contributed by atoms with Crippen LogP contribution >= 0.6 is 0 Å². The minimum atomic E-state index is -0.471. The van der Waals surface area contributed by atoms with Gasteiger partial charge in [-0.2, -0.15) is 4.52 Å². The number of hydrogen-bond donors (Lipinski definition) is 2. The number of aliphatic hydroxyl groups excluding tert-OH is 1. The maximum atomic E-state index is 14.4. The number of likely N-dealkylation sites (tertiary alicyclic amines) is 1. The van der Waals surface area contributed by atoms with Gasteiger partial charge in [0.1, 0.15) is 17.5 Å². The van der Waals surface area contributed by atoms with E-state index in [1.165, 1.54) is 12.3 Å². The highest BCUT2D eigenvalue weighted by Gasteiger charge is 2.30. The number of carbonyl (C=O) groups excluding carboxylic acids is 1. The number of hydrogen-bond acceptors (Lipinski definition) is 5. The van der Waals surface area contributed by atoms with Crippen molar-refractivity contribution in [1.29, 1.82) is 0 Å². The van der Waals surface area contributed by atoms with Crippen molar-refractivity contribution in [3.05, 3.63) is 53.7 Å². The molecule has 0 bridgehead atoms. The van der Waals surface area contributed by atoms with Crippen LogP contribution in [0.2, 0.25) is 0 Å². The Morgan fingerprint density at radius 1 is 1.09 bits per heavy atom. The minimum absolute atomic E-state index is 0.271. The number of halogens is 2. The molecule has 0 saturated carbocycles. The van der Waals surface area contributed by atoms with E-state index in [9.17, 15) is 18.7 Å². The molecule has 0 aliphatic carbocycles. The highest BCUT2D eigenvalue weighted by Crippen LogP contribution is 2.36. The van der Waals surface area contributed by atoms with Crippen molar-refractivity contribution < 1.29 is 18.7 Å². The van der Waals surface area contributed by atoms with Gasteiger partial charge in [0.2, 0.25) is 0 Å². The van der Waals surface area contributed by atoms with Crippen molar-refractivity contribution >= 4 is 23.3 Å². The average Bonchev–Trinajstić information content (AvgIpc) is 3.43. The van der Waals surface area contributed by atoms with Crippen LogP contribution in [0.25, 0.3) is 5.65 Å². The van der Waals surface area contributed by atoms with E-state index in [0.717, 1.165) is 18.6 Å². The Labute approximate surface area is 183 Å². The molecule has 3 aromatic rings. The summed E-state index contributed by atoms with van der Waals surface area (Å²) >= 11 is 0. The lowest BCUT2D eigenvalue weighted by Crippen LogP contribution is -2.42. The van der Waals surface area contributed by atoms with E-state index < -0.39 is 11.6 Å². The Bertz CT molecular complexity index is 1140. The van der Waals surface area contributed by atoms with Crippen molar-refractivity contribution in [2.24, 2.45) is 0 Å². The molecule has 4 heterocycles. The van der Waals surface area contributed by atoms with E-state index in [2.05, 4.69) is 15.4 Å². The predicted octanol–water partition coefficient (Wildman–Crippen LogP) is 3.34. The zero-order valence-electron chi connectivity index (χ0n) is 17.4. The third-order valence-corrected chi connectivity index (χ3v) is 6.20. The molecule has 2 amide bonds. The molecular weight excluding hydrogens is 418 g/mol. The molecule has 0 radical (unpaired) electrons. The van der Waals surface area contributed by atoms with Gasteiger partial charge in [0, 0.05) is 25.2 Å². The number of fused-ring (bicyclic) bond motifs is 1. The Balaban J connectivity index is 1.41. The number of piperidine rings is 1. The van der Waals surface area contributed by atoms with Crippen LogP contribution in [0.4, 0.5) is 25.2 Å². The fraction of sp³-hybridized carbons (Fsp3) is 0.409. The van der Waals surface area contributed by atoms with Gasteiger partial charge in [-0.25, -0.2) is 18.6 Å². The van der Waals surface area contributed by atoms with E-state index in [-0.39, 0.29) is 18.2 Å². The summed E-state index contributed by atoms with van der Waals surface area (Å²) in [5.74, 6) is 0.108. The number of benzene rings is 1. The summed E-state index contributed by atoms with van der Waals surface area (Å²) in [4.78, 5) is 20.5. The van der Waals surface area contributed by atoms with Gasteiger partial charge in [0.15, 0.2) is 11.5 Å². The first-order valence-electron chi connectivity index (χ1n) is 10.8. The molecule has 2 aromatic heterocycles. The summed E-state index contributed by atoms with van der Waals surface area (Å²) in [6.07, 6.45) is 3.79.